The smallest absolute Gasteiger partial charge is 0.321 e. The molecule has 0 saturated heterocycles. The molecule has 1 fully saturated rings. The van der Waals surface area contributed by atoms with Crippen molar-refractivity contribution >= 4 is 16.0 Å². The van der Waals surface area contributed by atoms with E-state index in [4.69, 9.17) is 5.11 Å². The molecule has 0 radical (unpaired) electrons. The van der Waals surface area contributed by atoms with Crippen LogP contribution in [-0.2, 0) is 14.8 Å². The van der Waals surface area contributed by atoms with Crippen LogP contribution in [0.1, 0.15) is 46.0 Å². The molecule has 2 N–H and O–H groups in total. The number of sulfonamides is 1. The lowest BCUT2D eigenvalue weighted by atomic mass is 9.91. The van der Waals surface area contributed by atoms with Gasteiger partial charge in [0.15, 0.2) is 0 Å². The minimum atomic E-state index is -3.50. The second-order valence-corrected chi connectivity index (χ2v) is 7.26. The molecule has 0 bridgehead atoms. The molecule has 0 spiro atoms. The van der Waals surface area contributed by atoms with Gasteiger partial charge in [-0.15, -0.1) is 0 Å². The topological polar surface area (TPSA) is 83.5 Å². The maximum absolute atomic E-state index is 11.9. The molecule has 106 valence electrons. The third kappa shape index (κ3) is 4.94. The number of carboxylic acid groups (broad SMARTS) is 1. The summed E-state index contributed by atoms with van der Waals surface area (Å²) in [5.74, 6) is -1.14. The molecule has 18 heavy (non-hydrogen) atoms. The van der Waals surface area contributed by atoms with E-state index in [0.29, 0.717) is 0 Å². The fraction of sp³-hybridized carbons (Fsp3) is 0.917. The van der Waals surface area contributed by atoms with Crippen molar-refractivity contribution in [2.75, 3.05) is 5.75 Å². The third-order valence-corrected chi connectivity index (χ3v) is 4.94. The van der Waals surface area contributed by atoms with Crippen LogP contribution in [-0.4, -0.2) is 31.3 Å². The van der Waals surface area contributed by atoms with Gasteiger partial charge in [0, 0.05) is 0 Å². The number of rotatable bonds is 6. The van der Waals surface area contributed by atoms with Crippen molar-refractivity contribution in [1.82, 2.24) is 4.72 Å². The van der Waals surface area contributed by atoms with Gasteiger partial charge in [-0.1, -0.05) is 33.1 Å². The quantitative estimate of drug-likeness (QED) is 0.772. The molecule has 0 amide bonds. The van der Waals surface area contributed by atoms with Crippen molar-refractivity contribution in [1.29, 1.82) is 0 Å². The molecule has 0 aromatic carbocycles. The van der Waals surface area contributed by atoms with Gasteiger partial charge in [0.25, 0.3) is 0 Å². The Bertz CT molecular complexity index is 372. The second-order valence-electron chi connectivity index (χ2n) is 5.46. The molecule has 5 nitrogen and oxygen atoms in total. The molecule has 0 aromatic rings. The summed E-state index contributed by atoms with van der Waals surface area (Å²) >= 11 is 0. The Morgan fingerprint density at radius 3 is 2.28 bits per heavy atom. The lowest BCUT2D eigenvalue weighted by molar-refractivity contribution is -0.140. The van der Waals surface area contributed by atoms with E-state index < -0.39 is 22.0 Å². The van der Waals surface area contributed by atoms with Crippen LogP contribution < -0.4 is 4.72 Å². The van der Waals surface area contributed by atoms with Gasteiger partial charge in [0.1, 0.15) is 6.04 Å². The highest BCUT2D eigenvalue weighted by atomic mass is 32.2. The Hall–Kier alpha value is -0.620. The fourth-order valence-corrected chi connectivity index (χ4v) is 4.19. The summed E-state index contributed by atoms with van der Waals surface area (Å²) < 4.78 is 26.2. The van der Waals surface area contributed by atoms with E-state index in [-0.39, 0.29) is 17.6 Å². The summed E-state index contributed by atoms with van der Waals surface area (Å²) in [5, 5.41) is 8.99. The molecule has 0 aromatic heterocycles. The maximum atomic E-state index is 11.9. The first-order valence-corrected chi connectivity index (χ1v) is 8.20. The largest absolute Gasteiger partial charge is 0.480 e. The summed E-state index contributed by atoms with van der Waals surface area (Å²) in [5.41, 5.74) is 0. The third-order valence-electron chi connectivity index (χ3n) is 3.42. The summed E-state index contributed by atoms with van der Waals surface area (Å²) in [6.07, 6.45) is 5.19. The molecule has 0 unspecified atom stereocenters. The fourth-order valence-electron chi connectivity index (χ4n) is 2.38. The van der Waals surface area contributed by atoms with Crippen molar-refractivity contribution in [2.24, 2.45) is 11.8 Å². The Morgan fingerprint density at radius 1 is 1.28 bits per heavy atom. The molecular weight excluding hydrogens is 254 g/mol. The first-order chi connectivity index (χ1) is 8.32. The van der Waals surface area contributed by atoms with Gasteiger partial charge in [-0.2, -0.15) is 0 Å². The number of hydrogen-bond acceptors (Lipinski definition) is 3. The number of aliphatic carboxylic acids is 1. The van der Waals surface area contributed by atoms with Gasteiger partial charge in [-0.3, -0.25) is 4.79 Å². The lowest BCUT2D eigenvalue weighted by Gasteiger charge is -2.23. The zero-order chi connectivity index (χ0) is 13.8. The minimum absolute atomic E-state index is 0.0590. The molecule has 1 atom stereocenters. The SMILES string of the molecule is CC(C)[C@@H](NS(=O)(=O)CC1CCCCC1)C(=O)O. The lowest BCUT2D eigenvalue weighted by Crippen LogP contribution is -2.46. The van der Waals surface area contributed by atoms with Gasteiger partial charge in [0.2, 0.25) is 10.0 Å². The van der Waals surface area contributed by atoms with Crippen molar-refractivity contribution < 1.29 is 18.3 Å². The molecule has 1 aliphatic carbocycles. The number of hydrogen-bond donors (Lipinski definition) is 2. The van der Waals surface area contributed by atoms with Gasteiger partial charge in [0.05, 0.1) is 5.75 Å². The van der Waals surface area contributed by atoms with Crippen LogP contribution in [0.4, 0.5) is 0 Å². The van der Waals surface area contributed by atoms with Crippen LogP contribution in [0, 0.1) is 11.8 Å². The first kappa shape index (κ1) is 15.4. The van der Waals surface area contributed by atoms with E-state index in [1.807, 2.05) is 0 Å². The van der Waals surface area contributed by atoms with Gasteiger partial charge in [-0.25, -0.2) is 13.1 Å². The van der Waals surface area contributed by atoms with E-state index in [9.17, 15) is 13.2 Å². The summed E-state index contributed by atoms with van der Waals surface area (Å²) in [4.78, 5) is 11.0. The summed E-state index contributed by atoms with van der Waals surface area (Å²) in [6.45, 7) is 3.39. The normalized spacial score (nSPS) is 19.9. The first-order valence-electron chi connectivity index (χ1n) is 6.54. The van der Waals surface area contributed by atoms with Crippen LogP contribution in [0.2, 0.25) is 0 Å². The Labute approximate surface area is 109 Å². The molecule has 1 rings (SSSR count). The average molecular weight is 277 g/mol. The zero-order valence-corrected chi connectivity index (χ0v) is 11.9. The Morgan fingerprint density at radius 2 is 1.83 bits per heavy atom. The van der Waals surface area contributed by atoms with Crippen LogP contribution in [0.15, 0.2) is 0 Å². The van der Waals surface area contributed by atoms with E-state index in [0.717, 1.165) is 25.7 Å². The number of carboxylic acids is 1. The monoisotopic (exact) mass is 277 g/mol. The van der Waals surface area contributed by atoms with Crippen molar-refractivity contribution in [3.63, 3.8) is 0 Å². The van der Waals surface area contributed by atoms with Crippen LogP contribution >= 0.6 is 0 Å². The van der Waals surface area contributed by atoms with Gasteiger partial charge >= 0.3 is 5.97 Å². The zero-order valence-electron chi connectivity index (χ0n) is 11.1. The summed E-state index contributed by atoms with van der Waals surface area (Å²) in [7, 11) is -3.50. The van der Waals surface area contributed by atoms with Gasteiger partial charge < -0.3 is 5.11 Å². The van der Waals surface area contributed by atoms with E-state index >= 15 is 0 Å². The predicted molar refractivity (Wildman–Crippen MR) is 69.8 cm³/mol. The molecule has 0 aliphatic heterocycles. The van der Waals surface area contributed by atoms with Crippen molar-refractivity contribution in [3.05, 3.63) is 0 Å². The van der Waals surface area contributed by atoms with E-state index in [2.05, 4.69) is 4.72 Å². The minimum Gasteiger partial charge on any atom is -0.480 e. The molecule has 1 aliphatic rings. The molecule has 1 saturated carbocycles. The average Bonchev–Trinajstić information content (AvgIpc) is 2.26. The van der Waals surface area contributed by atoms with Crippen molar-refractivity contribution in [3.8, 4) is 0 Å². The van der Waals surface area contributed by atoms with Gasteiger partial charge in [-0.05, 0) is 24.7 Å². The highest BCUT2D eigenvalue weighted by molar-refractivity contribution is 7.89. The predicted octanol–water partition coefficient (Wildman–Crippen LogP) is 1.60. The maximum Gasteiger partial charge on any atom is 0.321 e. The molecular formula is C12H23NO4S. The second kappa shape index (κ2) is 6.52. The van der Waals surface area contributed by atoms with Crippen LogP contribution in [0.5, 0.6) is 0 Å². The van der Waals surface area contributed by atoms with E-state index in [1.165, 1.54) is 6.42 Å². The van der Waals surface area contributed by atoms with Crippen molar-refractivity contribution in [2.45, 2.75) is 52.0 Å². The highest BCUT2D eigenvalue weighted by Gasteiger charge is 2.29. The number of nitrogens with one attached hydrogen (secondary N) is 1. The highest BCUT2D eigenvalue weighted by Crippen LogP contribution is 2.24. The van der Waals surface area contributed by atoms with Crippen LogP contribution in [0.3, 0.4) is 0 Å². The Balaban J connectivity index is 2.59. The van der Waals surface area contributed by atoms with E-state index in [1.54, 1.807) is 13.8 Å². The standard InChI is InChI=1S/C12H23NO4S/c1-9(2)11(12(14)15)13-18(16,17)8-10-6-4-3-5-7-10/h9-11,13H,3-8H2,1-2H3,(H,14,15)/t11-/m1/s1. The molecule has 6 heteroatoms. The molecule has 0 heterocycles. The summed E-state index contributed by atoms with van der Waals surface area (Å²) in [6, 6.07) is -1.03. The van der Waals surface area contributed by atoms with Crippen LogP contribution in [0.25, 0.3) is 0 Å². The Kier molecular flexibility index (Phi) is 5.59. The number of carbonyl (C=O) groups is 1.